The summed E-state index contributed by atoms with van der Waals surface area (Å²) < 4.78 is 0. The van der Waals surface area contributed by atoms with Gasteiger partial charge >= 0.3 is 0 Å². The first-order valence-electron chi connectivity index (χ1n) is 11.1. The molecule has 2 aromatic rings. The molecule has 1 saturated heterocycles. The molecule has 1 aromatic heterocycles. The molecule has 0 aliphatic carbocycles. The highest BCUT2D eigenvalue weighted by Gasteiger charge is 2.18. The Morgan fingerprint density at radius 3 is 2.60 bits per heavy atom. The van der Waals surface area contributed by atoms with E-state index in [1.165, 1.54) is 16.8 Å². The maximum Gasteiger partial charge on any atom is 0.191 e. The number of anilines is 1. The summed E-state index contributed by atoms with van der Waals surface area (Å²) in [7, 11) is 0. The molecule has 30 heavy (non-hydrogen) atoms. The number of rotatable bonds is 8. The van der Waals surface area contributed by atoms with Crippen LogP contribution in [0.15, 0.2) is 47.6 Å². The molecule has 1 fully saturated rings. The third-order valence-corrected chi connectivity index (χ3v) is 5.72. The van der Waals surface area contributed by atoms with Gasteiger partial charge < -0.3 is 15.5 Å². The Balaban J connectivity index is 1.41. The highest BCUT2D eigenvalue weighted by molar-refractivity contribution is 5.79. The van der Waals surface area contributed by atoms with E-state index in [4.69, 9.17) is 4.99 Å². The van der Waals surface area contributed by atoms with Crippen LogP contribution in [0.2, 0.25) is 0 Å². The van der Waals surface area contributed by atoms with Gasteiger partial charge in [0.25, 0.3) is 0 Å². The second-order valence-electron chi connectivity index (χ2n) is 7.81. The number of hydrogen-bond donors (Lipinski definition) is 2. The Labute approximate surface area is 181 Å². The lowest BCUT2D eigenvalue weighted by Crippen LogP contribution is -2.47. The molecule has 0 unspecified atom stereocenters. The summed E-state index contributed by atoms with van der Waals surface area (Å²) in [6.07, 6.45) is 2.74. The topological polar surface area (TPSA) is 55.8 Å². The molecule has 1 aliphatic heterocycles. The number of nitrogens with one attached hydrogen (secondary N) is 2. The molecule has 2 heterocycles. The van der Waals surface area contributed by atoms with Crippen LogP contribution in [0, 0.1) is 13.8 Å². The van der Waals surface area contributed by atoms with Crippen LogP contribution >= 0.6 is 0 Å². The van der Waals surface area contributed by atoms with E-state index in [2.05, 4.69) is 70.5 Å². The van der Waals surface area contributed by atoms with Gasteiger partial charge in [0.1, 0.15) is 0 Å². The normalized spacial score (nSPS) is 15.3. The van der Waals surface area contributed by atoms with Crippen molar-refractivity contribution in [3.8, 4) is 0 Å². The van der Waals surface area contributed by atoms with Crippen LogP contribution in [0.25, 0.3) is 0 Å². The molecule has 1 aliphatic rings. The Morgan fingerprint density at radius 1 is 1.03 bits per heavy atom. The molecular formula is C24H36N6. The molecule has 3 rings (SSSR count). The predicted molar refractivity (Wildman–Crippen MR) is 126 cm³/mol. The highest BCUT2D eigenvalue weighted by Crippen LogP contribution is 2.23. The lowest BCUT2D eigenvalue weighted by atomic mass is 10.1. The van der Waals surface area contributed by atoms with Gasteiger partial charge in [-0.25, -0.2) is 0 Å². The zero-order valence-corrected chi connectivity index (χ0v) is 18.7. The van der Waals surface area contributed by atoms with Gasteiger partial charge in [-0.05, 0) is 50.1 Å². The first kappa shape index (κ1) is 22.1. The molecule has 0 saturated carbocycles. The van der Waals surface area contributed by atoms with E-state index in [0.717, 1.165) is 70.4 Å². The van der Waals surface area contributed by atoms with Crippen LogP contribution < -0.4 is 15.5 Å². The summed E-state index contributed by atoms with van der Waals surface area (Å²) in [5.74, 6) is 0.891. The molecule has 1 aromatic carbocycles. The van der Waals surface area contributed by atoms with Crippen molar-refractivity contribution < 1.29 is 0 Å². The second kappa shape index (κ2) is 11.6. The van der Waals surface area contributed by atoms with Gasteiger partial charge in [-0.2, -0.15) is 0 Å². The van der Waals surface area contributed by atoms with E-state index in [-0.39, 0.29) is 0 Å². The fourth-order valence-electron chi connectivity index (χ4n) is 3.79. The average molecular weight is 409 g/mol. The fraction of sp³-hybridized carbons (Fsp3) is 0.500. The molecule has 162 valence electrons. The van der Waals surface area contributed by atoms with Crippen LogP contribution in [-0.4, -0.2) is 68.2 Å². The number of nitrogens with zero attached hydrogens (tertiary/aromatic N) is 4. The van der Waals surface area contributed by atoms with Crippen molar-refractivity contribution in [2.24, 2.45) is 4.99 Å². The van der Waals surface area contributed by atoms with E-state index in [9.17, 15) is 0 Å². The standard InChI is InChI=1S/C24H36N6/c1-4-25-24(27-13-11-22-9-5-6-12-26-22)28-14-15-29-16-18-30(19-17-29)23-10-7-8-20(2)21(23)3/h5-10,12H,4,11,13-19H2,1-3H3,(H2,25,27,28). The molecule has 0 atom stereocenters. The third-order valence-electron chi connectivity index (χ3n) is 5.72. The van der Waals surface area contributed by atoms with Crippen molar-refractivity contribution in [2.75, 3.05) is 57.3 Å². The summed E-state index contributed by atoms with van der Waals surface area (Å²) in [5.41, 5.74) is 5.26. The molecule has 0 spiro atoms. The van der Waals surface area contributed by atoms with Crippen molar-refractivity contribution in [3.63, 3.8) is 0 Å². The van der Waals surface area contributed by atoms with Crippen molar-refractivity contribution in [1.82, 2.24) is 20.5 Å². The molecular weight excluding hydrogens is 372 g/mol. The number of aliphatic imine (C=N–C) groups is 1. The highest BCUT2D eigenvalue weighted by atomic mass is 15.3. The Morgan fingerprint density at radius 2 is 1.87 bits per heavy atom. The van der Waals surface area contributed by atoms with Gasteiger partial charge in [-0.15, -0.1) is 0 Å². The number of benzene rings is 1. The smallest absolute Gasteiger partial charge is 0.191 e. The minimum absolute atomic E-state index is 0.808. The molecule has 6 nitrogen and oxygen atoms in total. The van der Waals surface area contributed by atoms with Crippen LogP contribution in [0.1, 0.15) is 23.7 Å². The number of piperazine rings is 1. The summed E-state index contributed by atoms with van der Waals surface area (Å²) >= 11 is 0. The van der Waals surface area contributed by atoms with Crippen molar-refractivity contribution in [3.05, 3.63) is 59.4 Å². The molecule has 2 N–H and O–H groups in total. The molecule has 0 amide bonds. The van der Waals surface area contributed by atoms with E-state index < -0.39 is 0 Å². The average Bonchev–Trinajstić information content (AvgIpc) is 2.77. The minimum Gasteiger partial charge on any atom is -0.369 e. The first-order valence-corrected chi connectivity index (χ1v) is 11.1. The zero-order valence-electron chi connectivity index (χ0n) is 18.7. The third kappa shape index (κ3) is 6.46. The Kier molecular flexibility index (Phi) is 8.51. The number of guanidine groups is 1. The lowest BCUT2D eigenvalue weighted by molar-refractivity contribution is 0.265. The Hall–Kier alpha value is -2.60. The van der Waals surface area contributed by atoms with Crippen LogP contribution in [0.4, 0.5) is 5.69 Å². The van der Waals surface area contributed by atoms with E-state index in [1.807, 2.05) is 18.3 Å². The van der Waals surface area contributed by atoms with Crippen LogP contribution in [0.5, 0.6) is 0 Å². The van der Waals surface area contributed by atoms with E-state index >= 15 is 0 Å². The molecule has 0 bridgehead atoms. The second-order valence-corrected chi connectivity index (χ2v) is 7.81. The van der Waals surface area contributed by atoms with Gasteiger partial charge in [0.15, 0.2) is 5.96 Å². The summed E-state index contributed by atoms with van der Waals surface area (Å²) in [6, 6.07) is 12.7. The number of hydrogen-bond acceptors (Lipinski definition) is 4. The van der Waals surface area contributed by atoms with Gasteiger partial charge in [0, 0.05) is 69.8 Å². The summed E-state index contributed by atoms with van der Waals surface area (Å²) in [4.78, 5) is 14.2. The lowest BCUT2D eigenvalue weighted by Gasteiger charge is -2.36. The summed E-state index contributed by atoms with van der Waals surface area (Å²) in [6.45, 7) is 14.4. The zero-order chi connectivity index (χ0) is 21.2. The predicted octanol–water partition coefficient (Wildman–Crippen LogP) is 2.62. The van der Waals surface area contributed by atoms with Crippen LogP contribution in [-0.2, 0) is 6.42 Å². The van der Waals surface area contributed by atoms with Gasteiger partial charge in [0.2, 0.25) is 0 Å². The van der Waals surface area contributed by atoms with E-state index in [0.29, 0.717) is 0 Å². The fourth-order valence-corrected chi connectivity index (χ4v) is 3.79. The van der Waals surface area contributed by atoms with Crippen molar-refractivity contribution in [1.29, 1.82) is 0 Å². The minimum atomic E-state index is 0.808. The summed E-state index contributed by atoms with van der Waals surface area (Å²) in [5, 5.41) is 6.76. The SMILES string of the molecule is CCNC(=NCCN1CCN(c2cccc(C)c2C)CC1)NCCc1ccccn1. The van der Waals surface area contributed by atoms with Crippen LogP contribution in [0.3, 0.4) is 0 Å². The number of aromatic nitrogens is 1. The molecule has 6 heteroatoms. The monoisotopic (exact) mass is 408 g/mol. The van der Waals surface area contributed by atoms with Gasteiger partial charge in [-0.3, -0.25) is 14.9 Å². The van der Waals surface area contributed by atoms with Crippen molar-refractivity contribution in [2.45, 2.75) is 27.2 Å². The van der Waals surface area contributed by atoms with Gasteiger partial charge in [0.05, 0.1) is 6.54 Å². The number of pyridine rings is 1. The van der Waals surface area contributed by atoms with E-state index in [1.54, 1.807) is 0 Å². The maximum atomic E-state index is 4.76. The largest absolute Gasteiger partial charge is 0.369 e. The van der Waals surface area contributed by atoms with Crippen molar-refractivity contribution >= 4 is 11.6 Å². The Bertz CT molecular complexity index is 797. The quantitative estimate of drug-likeness (QED) is 0.519. The first-order chi connectivity index (χ1) is 14.7. The number of aryl methyl sites for hydroxylation is 1. The molecule has 0 radical (unpaired) electrons. The maximum absolute atomic E-state index is 4.76. The van der Waals surface area contributed by atoms with Gasteiger partial charge in [-0.1, -0.05) is 18.2 Å².